The number of piperazine rings is 1. The van der Waals surface area contributed by atoms with Gasteiger partial charge in [0.05, 0.1) is 19.8 Å². The minimum Gasteiger partial charge on any atom is -0.378 e. The van der Waals surface area contributed by atoms with Crippen molar-refractivity contribution in [3.63, 3.8) is 0 Å². The van der Waals surface area contributed by atoms with Crippen LogP contribution in [-0.4, -0.2) is 110 Å². The molecule has 156 valence electrons. The second-order valence-electron chi connectivity index (χ2n) is 7.18. The molecule has 28 heavy (non-hydrogen) atoms. The van der Waals surface area contributed by atoms with E-state index in [0.717, 1.165) is 6.42 Å². The zero-order chi connectivity index (χ0) is 20.1. The summed E-state index contributed by atoms with van der Waals surface area (Å²) in [4.78, 5) is 54.7. The van der Waals surface area contributed by atoms with Crippen molar-refractivity contribution in [1.82, 2.24) is 25.3 Å². The van der Waals surface area contributed by atoms with Gasteiger partial charge in [-0.25, -0.2) is 4.79 Å². The molecule has 0 radical (unpaired) electrons. The first kappa shape index (κ1) is 20.3. The molecule has 0 aliphatic carbocycles. The Bertz CT molecular complexity index is 623. The number of quaternary nitrogens is 1. The second kappa shape index (κ2) is 9.20. The molecule has 2 atom stereocenters. The lowest BCUT2D eigenvalue weighted by molar-refractivity contribution is -0.357. The predicted molar refractivity (Wildman–Crippen MR) is 96.8 cm³/mol. The van der Waals surface area contributed by atoms with Gasteiger partial charge in [0.15, 0.2) is 6.54 Å². The zero-order valence-electron chi connectivity index (χ0n) is 16.0. The van der Waals surface area contributed by atoms with Gasteiger partial charge < -0.3 is 35.8 Å². The quantitative estimate of drug-likeness (QED) is 0.455. The Morgan fingerprint density at radius 3 is 2.57 bits per heavy atom. The Morgan fingerprint density at radius 2 is 1.89 bits per heavy atom. The number of hydrogen-bond donors (Lipinski definition) is 3. The van der Waals surface area contributed by atoms with Gasteiger partial charge in [0.1, 0.15) is 12.1 Å². The van der Waals surface area contributed by atoms with Gasteiger partial charge in [-0.3, -0.25) is 14.4 Å². The van der Waals surface area contributed by atoms with Gasteiger partial charge in [0.2, 0.25) is 11.8 Å². The molecule has 3 heterocycles. The number of carbonyl (C=O) groups excluding carboxylic acids is 4. The normalized spacial score (nSPS) is 25.9. The maximum Gasteiger partial charge on any atom is 0.320 e. The molecule has 3 saturated heterocycles. The summed E-state index contributed by atoms with van der Waals surface area (Å²) in [6.07, 6.45) is 1.34. The van der Waals surface area contributed by atoms with Crippen molar-refractivity contribution in [2.24, 2.45) is 0 Å². The van der Waals surface area contributed by atoms with E-state index in [2.05, 4.69) is 16.4 Å². The van der Waals surface area contributed by atoms with Crippen molar-refractivity contribution in [1.29, 1.82) is 0 Å². The standard InChI is InChI=1S/C17H28N6O5/c18-10-14(24)23-5-4-22(17(27)21-6-8-28-9-7-21)11-13(23)16(26)20-12-2-1-3-19-15(12)25/h12-13H,1-11,18H2,(H,19,25)(H,20,26)/p+1/t12-,13+/m0/s1. The zero-order valence-corrected chi connectivity index (χ0v) is 16.0. The summed E-state index contributed by atoms with van der Waals surface area (Å²) in [5.41, 5.74) is 3.62. The van der Waals surface area contributed by atoms with Crippen LogP contribution in [0, 0.1) is 0 Å². The van der Waals surface area contributed by atoms with Crippen LogP contribution in [0.15, 0.2) is 0 Å². The largest absolute Gasteiger partial charge is 0.378 e. The number of ether oxygens (including phenoxy) is 1. The van der Waals surface area contributed by atoms with E-state index in [1.54, 1.807) is 9.80 Å². The molecule has 0 spiro atoms. The highest BCUT2D eigenvalue weighted by Crippen LogP contribution is 2.15. The van der Waals surface area contributed by atoms with E-state index in [4.69, 9.17) is 4.74 Å². The van der Waals surface area contributed by atoms with E-state index in [9.17, 15) is 19.2 Å². The van der Waals surface area contributed by atoms with Gasteiger partial charge in [-0.05, 0) is 12.8 Å². The smallest absolute Gasteiger partial charge is 0.320 e. The molecule has 0 saturated carbocycles. The molecule has 3 fully saturated rings. The Labute approximate surface area is 163 Å². The third kappa shape index (κ3) is 4.53. The molecule has 11 heteroatoms. The summed E-state index contributed by atoms with van der Waals surface area (Å²) in [5, 5.41) is 5.48. The molecule has 11 nitrogen and oxygen atoms in total. The SMILES string of the molecule is [NH3+]CC(=O)N1CCN(C(=O)N2CCOCC2)C[C@@H]1C(=O)N[C@H]1CCCNC1=O. The number of hydrogen-bond acceptors (Lipinski definition) is 5. The molecular formula is C17H29N6O5+. The Kier molecular flexibility index (Phi) is 6.68. The number of morpholine rings is 1. The first-order chi connectivity index (χ1) is 13.5. The van der Waals surface area contributed by atoms with Crippen LogP contribution in [0.1, 0.15) is 12.8 Å². The number of carbonyl (C=O) groups is 4. The summed E-state index contributed by atoms with van der Waals surface area (Å²) >= 11 is 0. The highest BCUT2D eigenvalue weighted by Gasteiger charge is 2.39. The minimum absolute atomic E-state index is 0.0328. The van der Waals surface area contributed by atoms with E-state index in [-0.39, 0.29) is 37.5 Å². The number of piperidine rings is 1. The fourth-order valence-corrected chi connectivity index (χ4v) is 3.76. The molecule has 0 aromatic carbocycles. The van der Waals surface area contributed by atoms with Crippen LogP contribution in [-0.2, 0) is 19.1 Å². The molecule has 3 rings (SSSR count). The number of amides is 5. The van der Waals surface area contributed by atoms with Crippen LogP contribution in [0.4, 0.5) is 4.79 Å². The van der Waals surface area contributed by atoms with E-state index in [1.165, 1.54) is 4.90 Å². The second-order valence-corrected chi connectivity index (χ2v) is 7.18. The molecule has 0 bridgehead atoms. The maximum absolute atomic E-state index is 12.9. The number of nitrogens with one attached hydrogen (secondary N) is 2. The lowest BCUT2D eigenvalue weighted by atomic mass is 10.0. The first-order valence-electron chi connectivity index (χ1n) is 9.79. The predicted octanol–water partition coefficient (Wildman–Crippen LogP) is -3.41. The lowest BCUT2D eigenvalue weighted by Gasteiger charge is -2.42. The van der Waals surface area contributed by atoms with Crippen LogP contribution in [0.2, 0.25) is 0 Å². The van der Waals surface area contributed by atoms with Crippen molar-refractivity contribution in [3.05, 3.63) is 0 Å². The van der Waals surface area contributed by atoms with E-state index in [0.29, 0.717) is 45.8 Å². The lowest BCUT2D eigenvalue weighted by Crippen LogP contribution is -2.68. The molecule has 0 unspecified atom stereocenters. The molecule has 0 aromatic heterocycles. The molecule has 5 N–H and O–H groups in total. The average molecular weight is 397 g/mol. The Balaban J connectivity index is 1.69. The van der Waals surface area contributed by atoms with Gasteiger partial charge in [-0.2, -0.15) is 0 Å². The van der Waals surface area contributed by atoms with Gasteiger partial charge in [-0.15, -0.1) is 0 Å². The van der Waals surface area contributed by atoms with E-state index < -0.39 is 18.0 Å². The summed E-state index contributed by atoms with van der Waals surface area (Å²) in [5.74, 6) is -0.873. The van der Waals surface area contributed by atoms with Crippen LogP contribution in [0.3, 0.4) is 0 Å². The third-order valence-corrected chi connectivity index (χ3v) is 5.37. The first-order valence-corrected chi connectivity index (χ1v) is 9.79. The molecule has 0 aromatic rings. The minimum atomic E-state index is -0.831. The van der Waals surface area contributed by atoms with Crippen molar-refractivity contribution < 1.29 is 29.6 Å². The van der Waals surface area contributed by atoms with Gasteiger partial charge in [0, 0.05) is 32.7 Å². The number of urea groups is 1. The topological polar surface area (TPSA) is 139 Å². The molecular weight excluding hydrogens is 368 g/mol. The molecule has 3 aliphatic rings. The number of nitrogens with zero attached hydrogens (tertiary/aromatic N) is 3. The van der Waals surface area contributed by atoms with Crippen molar-refractivity contribution >= 4 is 23.8 Å². The van der Waals surface area contributed by atoms with Gasteiger partial charge in [-0.1, -0.05) is 0 Å². The van der Waals surface area contributed by atoms with Crippen LogP contribution in [0.25, 0.3) is 0 Å². The summed E-state index contributed by atoms with van der Waals surface area (Å²) in [7, 11) is 0. The average Bonchev–Trinajstić information content (AvgIpc) is 2.74. The van der Waals surface area contributed by atoms with Crippen LogP contribution < -0.4 is 16.4 Å². The Hall–Kier alpha value is -2.40. The summed E-state index contributed by atoms with van der Waals surface area (Å²) in [6.45, 7) is 3.36. The third-order valence-electron chi connectivity index (χ3n) is 5.37. The summed E-state index contributed by atoms with van der Waals surface area (Å²) in [6, 6.07) is -1.59. The molecule has 3 aliphatic heterocycles. The van der Waals surface area contributed by atoms with E-state index in [1.807, 2.05) is 0 Å². The van der Waals surface area contributed by atoms with Crippen LogP contribution >= 0.6 is 0 Å². The number of rotatable bonds is 3. The van der Waals surface area contributed by atoms with Gasteiger partial charge >= 0.3 is 6.03 Å². The van der Waals surface area contributed by atoms with Gasteiger partial charge in [0.25, 0.3) is 5.91 Å². The van der Waals surface area contributed by atoms with Crippen molar-refractivity contribution in [3.8, 4) is 0 Å². The van der Waals surface area contributed by atoms with Crippen LogP contribution in [0.5, 0.6) is 0 Å². The Morgan fingerprint density at radius 1 is 1.14 bits per heavy atom. The molecule has 5 amide bonds. The fourth-order valence-electron chi connectivity index (χ4n) is 3.76. The monoisotopic (exact) mass is 397 g/mol. The highest BCUT2D eigenvalue weighted by molar-refractivity contribution is 5.93. The maximum atomic E-state index is 12.9. The van der Waals surface area contributed by atoms with Crippen molar-refractivity contribution in [2.75, 3.05) is 59.0 Å². The summed E-state index contributed by atoms with van der Waals surface area (Å²) < 4.78 is 5.28. The van der Waals surface area contributed by atoms with Crippen molar-refractivity contribution in [2.45, 2.75) is 24.9 Å². The van der Waals surface area contributed by atoms with E-state index >= 15 is 0 Å². The fraction of sp³-hybridized carbons (Fsp3) is 0.765. The highest BCUT2D eigenvalue weighted by atomic mass is 16.5.